The fourth-order valence-corrected chi connectivity index (χ4v) is 4.32. The number of amides is 1. The molecule has 0 saturated carbocycles. The van der Waals surface area contributed by atoms with Crippen molar-refractivity contribution in [2.75, 3.05) is 0 Å². The Kier molecular flexibility index (Phi) is 7.50. The second kappa shape index (κ2) is 10.5. The van der Waals surface area contributed by atoms with Crippen LogP contribution in [0.4, 0.5) is 35.1 Å². The Balaban J connectivity index is 2.02. The van der Waals surface area contributed by atoms with Gasteiger partial charge in [-0.25, -0.2) is 8.78 Å². The van der Waals surface area contributed by atoms with Gasteiger partial charge in [0, 0.05) is 6.42 Å². The second-order valence-electron chi connectivity index (χ2n) is 8.78. The molecule has 2 nitrogen and oxygen atoms in total. The van der Waals surface area contributed by atoms with Crippen LogP contribution in [0.2, 0.25) is 0 Å². The number of alkyl halides is 6. The molecule has 39 heavy (non-hydrogen) atoms. The zero-order chi connectivity index (χ0) is 28.4. The number of hydrogen-bond acceptors (Lipinski definition) is 1. The first-order chi connectivity index (χ1) is 18.3. The molecule has 0 bridgehead atoms. The Morgan fingerprint density at radius 2 is 1.10 bits per heavy atom. The monoisotopic (exact) mass is 549 g/mol. The number of nitrogens with one attached hydrogen (secondary N) is 1. The van der Waals surface area contributed by atoms with E-state index < -0.39 is 52.1 Å². The van der Waals surface area contributed by atoms with Crippen molar-refractivity contribution < 1.29 is 39.9 Å². The van der Waals surface area contributed by atoms with Gasteiger partial charge in [-0.2, -0.15) is 26.3 Å². The van der Waals surface area contributed by atoms with E-state index in [1.165, 1.54) is 12.1 Å². The summed E-state index contributed by atoms with van der Waals surface area (Å²) in [5.74, 6) is -4.11. The zero-order valence-electron chi connectivity index (χ0n) is 19.9. The summed E-state index contributed by atoms with van der Waals surface area (Å²) in [6.07, 6.45) is -9.96. The summed E-state index contributed by atoms with van der Waals surface area (Å²) in [4.78, 5) is 13.4. The minimum atomic E-state index is -4.82. The quantitative estimate of drug-likeness (QED) is 0.243. The van der Waals surface area contributed by atoms with E-state index in [1.807, 2.05) is 0 Å². The molecule has 0 unspecified atom stereocenters. The fraction of sp³-hybridized carbons (Fsp3) is 0.138. The highest BCUT2D eigenvalue weighted by molar-refractivity contribution is 5.95. The lowest BCUT2D eigenvalue weighted by Crippen LogP contribution is -2.49. The Bertz CT molecular complexity index is 1420. The molecule has 0 atom stereocenters. The van der Waals surface area contributed by atoms with Crippen molar-refractivity contribution in [1.82, 2.24) is 5.32 Å². The van der Waals surface area contributed by atoms with Gasteiger partial charge in [0.15, 0.2) is 11.6 Å². The van der Waals surface area contributed by atoms with Crippen LogP contribution in [0.5, 0.6) is 0 Å². The first-order valence-corrected chi connectivity index (χ1v) is 11.5. The number of hydrogen-bond donors (Lipinski definition) is 1. The van der Waals surface area contributed by atoms with E-state index in [1.54, 1.807) is 30.3 Å². The lowest BCUT2D eigenvalue weighted by atomic mass is 9.76. The maximum atomic E-state index is 14.6. The average Bonchev–Trinajstić information content (AvgIpc) is 2.89. The van der Waals surface area contributed by atoms with Crippen molar-refractivity contribution >= 4 is 5.91 Å². The van der Waals surface area contributed by atoms with Crippen LogP contribution in [0.15, 0.2) is 97.1 Å². The van der Waals surface area contributed by atoms with Gasteiger partial charge in [0.1, 0.15) is 0 Å². The van der Waals surface area contributed by atoms with Crippen LogP contribution in [0.25, 0.3) is 0 Å². The van der Waals surface area contributed by atoms with E-state index >= 15 is 0 Å². The minimum Gasteiger partial charge on any atom is -0.338 e. The van der Waals surface area contributed by atoms with Crippen LogP contribution < -0.4 is 5.32 Å². The van der Waals surface area contributed by atoms with E-state index in [4.69, 9.17) is 0 Å². The molecule has 0 saturated heterocycles. The number of rotatable bonds is 6. The van der Waals surface area contributed by atoms with E-state index in [-0.39, 0.29) is 17.5 Å². The fourth-order valence-electron chi connectivity index (χ4n) is 4.32. The van der Waals surface area contributed by atoms with Gasteiger partial charge in [0.25, 0.3) is 5.91 Å². The zero-order valence-corrected chi connectivity index (χ0v) is 19.9. The van der Waals surface area contributed by atoms with Gasteiger partial charge < -0.3 is 5.32 Å². The Hall–Kier alpha value is -4.21. The first kappa shape index (κ1) is 27.8. The lowest BCUT2D eigenvalue weighted by molar-refractivity contribution is -0.138. The summed E-state index contributed by atoms with van der Waals surface area (Å²) in [5.41, 5.74) is -5.07. The lowest BCUT2D eigenvalue weighted by Gasteiger charge is -2.37. The van der Waals surface area contributed by atoms with Crippen LogP contribution in [-0.4, -0.2) is 5.91 Å². The van der Waals surface area contributed by atoms with Crippen molar-refractivity contribution in [1.29, 1.82) is 0 Å². The van der Waals surface area contributed by atoms with Crippen molar-refractivity contribution in [3.8, 4) is 0 Å². The molecule has 4 aromatic rings. The molecule has 0 radical (unpaired) electrons. The third kappa shape index (κ3) is 5.94. The normalized spacial score (nSPS) is 12.3. The Morgan fingerprint density at radius 1 is 0.615 bits per heavy atom. The number of carbonyl (C=O) groups is 1. The van der Waals surface area contributed by atoms with Gasteiger partial charge in [-0.15, -0.1) is 0 Å². The van der Waals surface area contributed by atoms with Crippen LogP contribution in [-0.2, 0) is 24.3 Å². The molecule has 0 fully saturated rings. The second-order valence-corrected chi connectivity index (χ2v) is 8.78. The van der Waals surface area contributed by atoms with Crippen molar-refractivity contribution in [3.05, 3.63) is 142 Å². The van der Waals surface area contributed by atoms with Crippen LogP contribution in [0.1, 0.15) is 38.2 Å². The van der Waals surface area contributed by atoms with Gasteiger partial charge in [-0.05, 0) is 53.1 Å². The molecule has 1 N–H and O–H groups in total. The SMILES string of the molecule is O=C(NC(Cc1ccccc1)(c1cccc(C(F)(F)F)c1)c1cccc(C(F)(F)F)c1)c1cccc(F)c1F. The maximum Gasteiger partial charge on any atom is 0.416 e. The summed E-state index contributed by atoms with van der Waals surface area (Å²) in [5, 5.41) is 2.47. The van der Waals surface area contributed by atoms with E-state index in [9.17, 15) is 39.9 Å². The van der Waals surface area contributed by atoms with Gasteiger partial charge in [0.05, 0.1) is 22.2 Å². The van der Waals surface area contributed by atoms with Crippen LogP contribution in [0, 0.1) is 11.6 Å². The molecular formula is C29H19F8NO. The molecule has 0 heterocycles. The van der Waals surface area contributed by atoms with Crippen LogP contribution >= 0.6 is 0 Å². The van der Waals surface area contributed by atoms with Gasteiger partial charge in [-0.3, -0.25) is 4.79 Å². The topological polar surface area (TPSA) is 29.1 Å². The molecule has 0 spiro atoms. The average molecular weight is 549 g/mol. The summed E-state index contributed by atoms with van der Waals surface area (Å²) in [6.45, 7) is 0. The highest BCUT2D eigenvalue weighted by atomic mass is 19.4. The molecule has 4 rings (SSSR count). The summed E-state index contributed by atoms with van der Waals surface area (Å²) in [7, 11) is 0. The Morgan fingerprint density at radius 3 is 1.62 bits per heavy atom. The van der Waals surface area contributed by atoms with E-state index in [0.717, 1.165) is 42.5 Å². The molecule has 10 heteroatoms. The molecule has 0 aromatic heterocycles. The van der Waals surface area contributed by atoms with Gasteiger partial charge in [-0.1, -0.05) is 60.7 Å². The third-order valence-electron chi connectivity index (χ3n) is 6.20. The maximum absolute atomic E-state index is 14.6. The number of halogens is 8. The third-order valence-corrected chi connectivity index (χ3v) is 6.20. The first-order valence-electron chi connectivity index (χ1n) is 11.5. The van der Waals surface area contributed by atoms with Crippen molar-refractivity contribution in [2.24, 2.45) is 0 Å². The molecule has 1 amide bonds. The highest BCUT2D eigenvalue weighted by Gasteiger charge is 2.41. The molecule has 0 aliphatic carbocycles. The number of benzene rings is 4. The summed E-state index contributed by atoms with van der Waals surface area (Å²) >= 11 is 0. The molecule has 0 aliphatic heterocycles. The van der Waals surface area contributed by atoms with Crippen LogP contribution in [0.3, 0.4) is 0 Å². The van der Waals surface area contributed by atoms with E-state index in [0.29, 0.717) is 17.7 Å². The summed E-state index contributed by atoms with van der Waals surface area (Å²) in [6, 6.07) is 18.3. The summed E-state index contributed by atoms with van der Waals surface area (Å²) < 4.78 is 111. The largest absolute Gasteiger partial charge is 0.416 e. The highest BCUT2D eigenvalue weighted by Crippen LogP contribution is 2.40. The van der Waals surface area contributed by atoms with Gasteiger partial charge in [0.2, 0.25) is 0 Å². The van der Waals surface area contributed by atoms with Crippen molar-refractivity contribution in [2.45, 2.75) is 24.3 Å². The molecule has 4 aromatic carbocycles. The predicted molar refractivity (Wildman–Crippen MR) is 128 cm³/mol. The number of carbonyl (C=O) groups excluding carboxylic acids is 1. The molecular weight excluding hydrogens is 530 g/mol. The van der Waals surface area contributed by atoms with E-state index in [2.05, 4.69) is 5.32 Å². The predicted octanol–water partition coefficient (Wildman–Crippen LogP) is 7.92. The minimum absolute atomic E-state index is 0.217. The molecule has 202 valence electrons. The Labute approximate surface area is 217 Å². The standard InChI is InChI=1S/C29H19F8NO/c30-24-14-6-13-23(25(24)31)26(39)38-27(17-18-7-2-1-3-8-18,19-9-4-11-21(15-19)28(32,33)34)20-10-5-12-22(16-20)29(35,36)37/h1-16H,17H2,(H,38,39). The smallest absolute Gasteiger partial charge is 0.338 e. The van der Waals surface area contributed by atoms with Crippen molar-refractivity contribution in [3.63, 3.8) is 0 Å². The van der Waals surface area contributed by atoms with Gasteiger partial charge >= 0.3 is 12.4 Å². The molecule has 0 aliphatic rings.